The molecule has 0 radical (unpaired) electrons. The zero-order chi connectivity index (χ0) is 14.3. The summed E-state index contributed by atoms with van der Waals surface area (Å²) in [5.74, 6) is 0.814. The normalized spacial score (nSPS) is 17.0. The molecule has 20 heavy (non-hydrogen) atoms. The van der Waals surface area contributed by atoms with Crippen LogP contribution in [0, 0.1) is 12.3 Å². The molecule has 0 spiro atoms. The molecule has 106 valence electrons. The van der Waals surface area contributed by atoms with Gasteiger partial charge in [0.2, 0.25) is 0 Å². The molecule has 0 saturated heterocycles. The minimum Gasteiger partial charge on any atom is -0.175 e. The van der Waals surface area contributed by atoms with Crippen LogP contribution in [0.3, 0.4) is 0 Å². The first-order valence-electron chi connectivity index (χ1n) is 7.31. The van der Waals surface area contributed by atoms with E-state index in [0.717, 1.165) is 5.75 Å². The van der Waals surface area contributed by atoms with Crippen LogP contribution in [0.2, 0.25) is 0 Å². The van der Waals surface area contributed by atoms with Crippen LogP contribution in [-0.4, -0.2) is 0 Å². The van der Waals surface area contributed by atoms with Gasteiger partial charge in [-0.3, -0.25) is 0 Å². The van der Waals surface area contributed by atoms with Gasteiger partial charge < -0.3 is 0 Å². The van der Waals surface area contributed by atoms with Gasteiger partial charge in [-0.2, -0.15) is 12.6 Å². The molecule has 0 fully saturated rings. The quantitative estimate of drug-likeness (QED) is 0.679. The molecule has 3 rings (SSSR count). The van der Waals surface area contributed by atoms with Crippen molar-refractivity contribution < 1.29 is 0 Å². The van der Waals surface area contributed by atoms with Gasteiger partial charge in [0, 0.05) is 15.5 Å². The van der Waals surface area contributed by atoms with E-state index < -0.39 is 0 Å². The molecular weight excluding hydrogens is 280 g/mol. The van der Waals surface area contributed by atoms with Crippen LogP contribution in [0.4, 0.5) is 0 Å². The Labute approximate surface area is 131 Å². The Morgan fingerprint density at radius 1 is 1.20 bits per heavy atom. The van der Waals surface area contributed by atoms with E-state index in [-0.39, 0.29) is 0 Å². The number of aryl methyl sites for hydroxylation is 1. The molecule has 1 aromatic heterocycles. The van der Waals surface area contributed by atoms with Crippen LogP contribution in [0.15, 0.2) is 24.3 Å². The minimum atomic E-state index is 0.464. The summed E-state index contributed by atoms with van der Waals surface area (Å²) in [6.45, 7) is 7.10. The van der Waals surface area contributed by atoms with E-state index in [9.17, 15) is 0 Å². The predicted molar refractivity (Wildman–Crippen MR) is 93.0 cm³/mol. The summed E-state index contributed by atoms with van der Waals surface area (Å²) in [6.07, 6.45) is 3.81. The van der Waals surface area contributed by atoms with Gasteiger partial charge in [-0.1, -0.05) is 38.1 Å². The molecule has 2 aromatic rings. The van der Waals surface area contributed by atoms with E-state index in [1.807, 2.05) is 11.3 Å². The lowest BCUT2D eigenvalue weighted by Gasteiger charge is -2.29. The zero-order valence-electron chi connectivity index (χ0n) is 12.5. The van der Waals surface area contributed by atoms with Crippen molar-refractivity contribution in [3.8, 4) is 10.4 Å². The molecule has 1 aliphatic rings. The number of benzene rings is 1. The Morgan fingerprint density at radius 2 is 1.90 bits per heavy atom. The van der Waals surface area contributed by atoms with Crippen molar-refractivity contribution in [3.05, 3.63) is 45.8 Å². The average Bonchev–Trinajstić information content (AvgIpc) is 2.75. The number of fused-ring (bicyclic) bond motifs is 1. The Morgan fingerprint density at radius 3 is 2.55 bits per heavy atom. The molecule has 0 atom stereocenters. The first-order valence-corrected chi connectivity index (χ1v) is 8.76. The van der Waals surface area contributed by atoms with E-state index >= 15 is 0 Å². The topological polar surface area (TPSA) is 0 Å². The van der Waals surface area contributed by atoms with E-state index in [0.29, 0.717) is 5.41 Å². The van der Waals surface area contributed by atoms with Crippen molar-refractivity contribution >= 4 is 24.0 Å². The van der Waals surface area contributed by atoms with Crippen molar-refractivity contribution in [1.82, 2.24) is 0 Å². The molecule has 0 aliphatic heterocycles. The summed E-state index contributed by atoms with van der Waals surface area (Å²) in [6, 6.07) is 8.90. The third-order valence-electron chi connectivity index (χ3n) is 4.44. The second-order valence-corrected chi connectivity index (χ2v) is 8.08. The van der Waals surface area contributed by atoms with Gasteiger partial charge >= 0.3 is 0 Å². The minimum absolute atomic E-state index is 0.464. The highest BCUT2D eigenvalue weighted by Crippen LogP contribution is 2.44. The van der Waals surface area contributed by atoms with Crippen molar-refractivity contribution in [2.75, 3.05) is 0 Å². The Kier molecular flexibility index (Phi) is 3.72. The third kappa shape index (κ3) is 2.56. The van der Waals surface area contributed by atoms with Gasteiger partial charge in [0.05, 0.1) is 0 Å². The average molecular weight is 303 g/mol. The number of rotatable bonds is 2. The molecule has 1 aromatic carbocycles. The van der Waals surface area contributed by atoms with Gasteiger partial charge in [-0.25, -0.2) is 0 Å². The van der Waals surface area contributed by atoms with E-state index in [4.69, 9.17) is 0 Å². The number of hydrogen-bond acceptors (Lipinski definition) is 2. The van der Waals surface area contributed by atoms with Crippen LogP contribution in [-0.2, 0) is 18.6 Å². The van der Waals surface area contributed by atoms with Crippen molar-refractivity contribution in [3.63, 3.8) is 0 Å². The van der Waals surface area contributed by atoms with Gasteiger partial charge in [0.25, 0.3) is 0 Å². The van der Waals surface area contributed by atoms with Crippen LogP contribution in [0.25, 0.3) is 10.4 Å². The molecule has 0 N–H and O–H groups in total. The highest BCUT2D eigenvalue weighted by atomic mass is 32.1. The van der Waals surface area contributed by atoms with E-state index in [1.165, 1.54) is 40.8 Å². The molecule has 2 heteroatoms. The summed E-state index contributed by atoms with van der Waals surface area (Å²) >= 11 is 6.34. The largest absolute Gasteiger partial charge is 0.175 e. The molecule has 1 aliphatic carbocycles. The maximum absolute atomic E-state index is 4.33. The maximum Gasteiger partial charge on any atom is 0.0377 e. The molecule has 1 heterocycles. The Hall–Kier alpha value is -0.730. The summed E-state index contributed by atoms with van der Waals surface area (Å²) in [5.41, 5.74) is 6.25. The fourth-order valence-electron chi connectivity index (χ4n) is 3.10. The van der Waals surface area contributed by atoms with E-state index in [2.05, 4.69) is 57.7 Å². The number of thiol groups is 1. The van der Waals surface area contributed by atoms with Crippen LogP contribution >= 0.6 is 24.0 Å². The molecule has 0 unspecified atom stereocenters. The lowest BCUT2D eigenvalue weighted by Crippen LogP contribution is -2.21. The van der Waals surface area contributed by atoms with E-state index in [1.54, 1.807) is 10.4 Å². The SMILES string of the molecule is Cc1c(-c2ccc(CS)cc2)sc2c1CC(C)(C)CC2. The highest BCUT2D eigenvalue weighted by Gasteiger charge is 2.29. The smallest absolute Gasteiger partial charge is 0.0377 e. The molecule has 0 bridgehead atoms. The zero-order valence-corrected chi connectivity index (χ0v) is 14.2. The first kappa shape index (κ1) is 14.2. The maximum atomic E-state index is 4.33. The molecule has 0 amide bonds. The van der Waals surface area contributed by atoms with Crippen LogP contribution < -0.4 is 0 Å². The highest BCUT2D eigenvalue weighted by molar-refractivity contribution is 7.79. The van der Waals surface area contributed by atoms with Crippen LogP contribution in [0.5, 0.6) is 0 Å². The fraction of sp³-hybridized carbons (Fsp3) is 0.444. The van der Waals surface area contributed by atoms with Gasteiger partial charge in [-0.15, -0.1) is 11.3 Å². The third-order valence-corrected chi connectivity index (χ3v) is 6.25. The Bertz CT molecular complexity index is 618. The van der Waals surface area contributed by atoms with Gasteiger partial charge in [0.15, 0.2) is 0 Å². The summed E-state index contributed by atoms with van der Waals surface area (Å²) in [4.78, 5) is 3.09. The molecular formula is C18H22S2. The monoisotopic (exact) mass is 302 g/mol. The standard InChI is InChI=1S/C18H22S2/c1-12-15-10-18(2,3)9-8-16(15)20-17(12)14-6-4-13(11-19)5-7-14/h4-7,19H,8-11H2,1-3H3. The lowest BCUT2D eigenvalue weighted by molar-refractivity contribution is 0.317. The van der Waals surface area contributed by atoms with Gasteiger partial charge in [-0.05, 0) is 53.9 Å². The second kappa shape index (κ2) is 5.23. The van der Waals surface area contributed by atoms with Crippen molar-refractivity contribution in [2.45, 2.75) is 45.8 Å². The summed E-state index contributed by atoms with van der Waals surface area (Å²) in [7, 11) is 0. The summed E-state index contributed by atoms with van der Waals surface area (Å²) < 4.78 is 0. The lowest BCUT2D eigenvalue weighted by atomic mass is 9.76. The Balaban J connectivity index is 2.01. The van der Waals surface area contributed by atoms with Crippen molar-refractivity contribution in [2.24, 2.45) is 5.41 Å². The van der Waals surface area contributed by atoms with Crippen molar-refractivity contribution in [1.29, 1.82) is 0 Å². The second-order valence-electron chi connectivity index (χ2n) is 6.65. The van der Waals surface area contributed by atoms with Gasteiger partial charge in [0.1, 0.15) is 0 Å². The summed E-state index contributed by atoms with van der Waals surface area (Å²) in [5, 5.41) is 0. The predicted octanol–water partition coefficient (Wildman–Crippen LogP) is 5.67. The molecule has 0 saturated carbocycles. The van der Waals surface area contributed by atoms with Crippen LogP contribution in [0.1, 0.15) is 41.8 Å². The number of hydrogen-bond donors (Lipinski definition) is 1. The number of thiophene rings is 1. The molecule has 0 nitrogen and oxygen atoms in total. The first-order chi connectivity index (χ1) is 9.50. The fourth-order valence-corrected chi connectivity index (χ4v) is 4.64.